The first-order chi connectivity index (χ1) is 8.13. The molecule has 1 fully saturated rings. The molecule has 1 aliphatic rings. The van der Waals surface area contributed by atoms with E-state index >= 15 is 0 Å². The standard InChI is InChI=1S/C14H21ClN2/c1-17(11-14(5-6-14)7-8-16)10-12-3-2-4-13(15)9-12/h2-4,9H,5-8,10-11,16H2,1H3. The van der Waals surface area contributed by atoms with Gasteiger partial charge in [0, 0.05) is 18.1 Å². The van der Waals surface area contributed by atoms with Gasteiger partial charge >= 0.3 is 0 Å². The summed E-state index contributed by atoms with van der Waals surface area (Å²) in [4.78, 5) is 2.38. The van der Waals surface area contributed by atoms with Crippen molar-refractivity contribution in [3.05, 3.63) is 34.9 Å². The zero-order valence-corrected chi connectivity index (χ0v) is 11.2. The number of nitrogens with two attached hydrogens (primary N) is 1. The lowest BCUT2D eigenvalue weighted by molar-refractivity contribution is 0.248. The van der Waals surface area contributed by atoms with Gasteiger partial charge in [-0.2, -0.15) is 0 Å². The predicted octanol–water partition coefficient (Wildman–Crippen LogP) is 2.90. The molecule has 2 N–H and O–H groups in total. The van der Waals surface area contributed by atoms with Gasteiger partial charge in [-0.1, -0.05) is 23.7 Å². The molecule has 3 heteroatoms. The molecule has 17 heavy (non-hydrogen) atoms. The molecule has 1 saturated carbocycles. The average molecular weight is 253 g/mol. The van der Waals surface area contributed by atoms with E-state index in [1.165, 1.54) is 18.4 Å². The van der Waals surface area contributed by atoms with Gasteiger partial charge in [-0.3, -0.25) is 0 Å². The largest absolute Gasteiger partial charge is 0.330 e. The Morgan fingerprint density at radius 3 is 2.76 bits per heavy atom. The first kappa shape index (κ1) is 12.9. The monoisotopic (exact) mass is 252 g/mol. The molecule has 2 nitrogen and oxygen atoms in total. The molecule has 0 atom stereocenters. The van der Waals surface area contributed by atoms with E-state index in [0.717, 1.165) is 31.1 Å². The Balaban J connectivity index is 1.87. The molecule has 0 radical (unpaired) electrons. The second-order valence-electron chi connectivity index (χ2n) is 5.34. The van der Waals surface area contributed by atoms with Crippen LogP contribution in [0.1, 0.15) is 24.8 Å². The molecular weight excluding hydrogens is 232 g/mol. The van der Waals surface area contributed by atoms with Crippen molar-refractivity contribution in [1.82, 2.24) is 4.90 Å². The van der Waals surface area contributed by atoms with Crippen LogP contribution in [0.2, 0.25) is 5.02 Å². The van der Waals surface area contributed by atoms with Gasteiger partial charge in [0.25, 0.3) is 0 Å². The van der Waals surface area contributed by atoms with Crippen molar-refractivity contribution in [2.24, 2.45) is 11.1 Å². The maximum absolute atomic E-state index is 5.99. The lowest BCUT2D eigenvalue weighted by atomic mass is 10.0. The molecule has 0 bridgehead atoms. The van der Waals surface area contributed by atoms with Crippen molar-refractivity contribution in [2.45, 2.75) is 25.8 Å². The van der Waals surface area contributed by atoms with Crippen molar-refractivity contribution >= 4 is 11.6 Å². The fourth-order valence-corrected chi connectivity index (χ4v) is 2.76. The van der Waals surface area contributed by atoms with Crippen LogP contribution in [0.5, 0.6) is 0 Å². The normalized spacial score (nSPS) is 17.4. The Hall–Kier alpha value is -0.570. The first-order valence-electron chi connectivity index (χ1n) is 6.27. The highest BCUT2D eigenvalue weighted by Crippen LogP contribution is 2.48. The van der Waals surface area contributed by atoms with Crippen molar-refractivity contribution in [2.75, 3.05) is 20.1 Å². The van der Waals surface area contributed by atoms with Gasteiger partial charge in [-0.15, -0.1) is 0 Å². The second kappa shape index (κ2) is 5.38. The number of benzene rings is 1. The van der Waals surface area contributed by atoms with E-state index in [1.54, 1.807) is 0 Å². The van der Waals surface area contributed by atoms with Gasteiger partial charge < -0.3 is 10.6 Å². The fourth-order valence-electron chi connectivity index (χ4n) is 2.55. The minimum Gasteiger partial charge on any atom is -0.330 e. The number of hydrogen-bond acceptors (Lipinski definition) is 2. The molecule has 0 amide bonds. The van der Waals surface area contributed by atoms with Crippen molar-refractivity contribution in [3.63, 3.8) is 0 Å². The molecule has 1 aliphatic carbocycles. The molecular formula is C14H21ClN2. The quantitative estimate of drug-likeness (QED) is 0.844. The van der Waals surface area contributed by atoms with Crippen molar-refractivity contribution in [3.8, 4) is 0 Å². The summed E-state index contributed by atoms with van der Waals surface area (Å²) in [5.74, 6) is 0. The minimum absolute atomic E-state index is 0.516. The molecule has 0 spiro atoms. The Morgan fingerprint density at radius 2 is 2.18 bits per heavy atom. The van der Waals surface area contributed by atoms with Crippen LogP contribution in [-0.4, -0.2) is 25.0 Å². The van der Waals surface area contributed by atoms with E-state index < -0.39 is 0 Å². The smallest absolute Gasteiger partial charge is 0.0409 e. The summed E-state index contributed by atoms with van der Waals surface area (Å²) in [5, 5.41) is 0.819. The highest BCUT2D eigenvalue weighted by molar-refractivity contribution is 6.30. The lowest BCUT2D eigenvalue weighted by Crippen LogP contribution is -2.27. The number of nitrogens with zero attached hydrogens (tertiary/aromatic N) is 1. The summed E-state index contributed by atoms with van der Waals surface area (Å²) < 4.78 is 0. The Bertz CT molecular complexity index is 374. The zero-order chi connectivity index (χ0) is 12.3. The van der Waals surface area contributed by atoms with Crippen LogP contribution in [0.4, 0.5) is 0 Å². The van der Waals surface area contributed by atoms with Crippen LogP contribution in [0, 0.1) is 5.41 Å². The van der Waals surface area contributed by atoms with E-state index in [-0.39, 0.29) is 0 Å². The molecule has 0 heterocycles. The van der Waals surface area contributed by atoms with Crippen LogP contribution in [-0.2, 0) is 6.54 Å². The molecule has 0 aliphatic heterocycles. The fraction of sp³-hybridized carbons (Fsp3) is 0.571. The van der Waals surface area contributed by atoms with Gasteiger partial charge in [0.05, 0.1) is 0 Å². The predicted molar refractivity (Wildman–Crippen MR) is 73.1 cm³/mol. The number of halogens is 1. The maximum atomic E-state index is 5.99. The number of hydrogen-bond donors (Lipinski definition) is 1. The SMILES string of the molecule is CN(Cc1cccc(Cl)c1)CC1(CCN)CC1. The summed E-state index contributed by atoms with van der Waals surface area (Å²) in [6.45, 7) is 2.93. The molecule has 0 aromatic heterocycles. The van der Waals surface area contributed by atoms with Crippen LogP contribution >= 0.6 is 11.6 Å². The third-order valence-electron chi connectivity index (χ3n) is 3.58. The van der Waals surface area contributed by atoms with Crippen molar-refractivity contribution < 1.29 is 0 Å². The van der Waals surface area contributed by atoms with Crippen LogP contribution in [0.25, 0.3) is 0 Å². The summed E-state index contributed by atoms with van der Waals surface area (Å²) in [7, 11) is 2.18. The van der Waals surface area contributed by atoms with Gasteiger partial charge in [0.2, 0.25) is 0 Å². The van der Waals surface area contributed by atoms with Gasteiger partial charge in [-0.05, 0) is 56.0 Å². The summed E-state index contributed by atoms with van der Waals surface area (Å²) in [5.41, 5.74) is 7.46. The highest BCUT2D eigenvalue weighted by Gasteiger charge is 2.42. The summed E-state index contributed by atoms with van der Waals surface area (Å²) >= 11 is 5.99. The summed E-state index contributed by atoms with van der Waals surface area (Å²) in [6, 6.07) is 8.10. The minimum atomic E-state index is 0.516. The van der Waals surface area contributed by atoms with Crippen LogP contribution in [0.3, 0.4) is 0 Å². The molecule has 94 valence electrons. The summed E-state index contributed by atoms with van der Waals surface area (Å²) in [6.07, 6.45) is 3.83. The van der Waals surface area contributed by atoms with E-state index in [1.807, 2.05) is 18.2 Å². The molecule has 1 aromatic carbocycles. The second-order valence-corrected chi connectivity index (χ2v) is 5.78. The zero-order valence-electron chi connectivity index (χ0n) is 10.5. The van der Waals surface area contributed by atoms with Gasteiger partial charge in [0.1, 0.15) is 0 Å². The third kappa shape index (κ3) is 3.70. The van der Waals surface area contributed by atoms with E-state index in [9.17, 15) is 0 Å². The average Bonchev–Trinajstić information content (AvgIpc) is 2.97. The molecule has 2 rings (SSSR count). The highest BCUT2D eigenvalue weighted by atomic mass is 35.5. The Kier molecular flexibility index (Phi) is 4.08. The molecule has 1 aromatic rings. The van der Waals surface area contributed by atoms with E-state index in [4.69, 9.17) is 17.3 Å². The van der Waals surface area contributed by atoms with Gasteiger partial charge in [-0.25, -0.2) is 0 Å². The third-order valence-corrected chi connectivity index (χ3v) is 3.81. The number of rotatable bonds is 6. The maximum Gasteiger partial charge on any atom is 0.0409 e. The van der Waals surface area contributed by atoms with E-state index in [0.29, 0.717) is 5.41 Å². The van der Waals surface area contributed by atoms with Crippen molar-refractivity contribution in [1.29, 1.82) is 0 Å². The molecule has 0 saturated heterocycles. The Labute approximate surface area is 109 Å². The van der Waals surface area contributed by atoms with E-state index in [2.05, 4.69) is 18.0 Å². The topological polar surface area (TPSA) is 29.3 Å². The first-order valence-corrected chi connectivity index (χ1v) is 6.64. The Morgan fingerprint density at radius 1 is 1.41 bits per heavy atom. The van der Waals surface area contributed by atoms with Gasteiger partial charge in [0.15, 0.2) is 0 Å². The van der Waals surface area contributed by atoms with Crippen LogP contribution < -0.4 is 5.73 Å². The lowest BCUT2D eigenvalue weighted by Gasteiger charge is -2.23. The van der Waals surface area contributed by atoms with Crippen LogP contribution in [0.15, 0.2) is 24.3 Å². The molecule has 0 unspecified atom stereocenters.